The average molecular weight is 250 g/mol. The fourth-order valence-electron chi connectivity index (χ4n) is 2.44. The van der Waals surface area contributed by atoms with Crippen molar-refractivity contribution in [2.45, 2.75) is 40.2 Å². The smallest absolute Gasteiger partial charge is 0.125 e. The summed E-state index contributed by atoms with van der Waals surface area (Å²) in [5.41, 5.74) is 10.7. The second-order valence-corrected chi connectivity index (χ2v) is 5.84. The first-order chi connectivity index (χ1) is 8.17. The van der Waals surface area contributed by atoms with Crippen LogP contribution in [-0.4, -0.2) is 26.2 Å². The second kappa shape index (κ2) is 5.19. The summed E-state index contributed by atoms with van der Waals surface area (Å²) in [5.74, 6) is 0.983. The maximum absolute atomic E-state index is 6.09. The molecule has 0 radical (unpaired) electrons. The molecule has 18 heavy (non-hydrogen) atoms. The average Bonchev–Trinajstić information content (AvgIpc) is 2.21. The lowest BCUT2D eigenvalue weighted by molar-refractivity contribution is 0.408. The van der Waals surface area contributed by atoms with E-state index in [1.807, 2.05) is 13.8 Å². The van der Waals surface area contributed by atoms with Crippen LogP contribution < -0.4 is 15.4 Å². The van der Waals surface area contributed by atoms with E-state index in [0.29, 0.717) is 0 Å². The largest absolute Gasteiger partial charge is 0.496 e. The van der Waals surface area contributed by atoms with Gasteiger partial charge in [-0.2, -0.15) is 0 Å². The molecule has 1 rings (SSSR count). The molecule has 0 saturated heterocycles. The van der Waals surface area contributed by atoms with Crippen LogP contribution in [0.1, 0.15) is 30.5 Å². The Hall–Kier alpha value is -1.22. The van der Waals surface area contributed by atoms with Gasteiger partial charge in [-0.15, -0.1) is 0 Å². The van der Waals surface area contributed by atoms with Crippen LogP contribution in [0.5, 0.6) is 5.75 Å². The monoisotopic (exact) mass is 250 g/mol. The Labute approximate surface area is 111 Å². The molecule has 0 unspecified atom stereocenters. The first kappa shape index (κ1) is 14.8. The zero-order valence-corrected chi connectivity index (χ0v) is 12.7. The third-order valence-electron chi connectivity index (χ3n) is 3.26. The summed E-state index contributed by atoms with van der Waals surface area (Å²) in [5, 5.41) is 0. The number of anilines is 1. The van der Waals surface area contributed by atoms with E-state index < -0.39 is 0 Å². The summed E-state index contributed by atoms with van der Waals surface area (Å²) in [6.45, 7) is 11.2. The molecule has 0 aliphatic carbocycles. The number of rotatable bonds is 4. The highest BCUT2D eigenvalue weighted by Gasteiger charge is 2.18. The first-order valence-electron chi connectivity index (χ1n) is 6.32. The van der Waals surface area contributed by atoms with Crippen molar-refractivity contribution in [3.63, 3.8) is 0 Å². The van der Waals surface area contributed by atoms with Crippen molar-refractivity contribution in [2.24, 2.45) is 5.73 Å². The fourth-order valence-corrected chi connectivity index (χ4v) is 2.44. The molecule has 2 N–H and O–H groups in total. The number of methoxy groups -OCH3 is 1. The summed E-state index contributed by atoms with van der Waals surface area (Å²) >= 11 is 0. The van der Waals surface area contributed by atoms with Gasteiger partial charge in [-0.3, -0.25) is 0 Å². The highest BCUT2D eigenvalue weighted by Crippen LogP contribution is 2.33. The van der Waals surface area contributed by atoms with E-state index in [0.717, 1.165) is 17.9 Å². The van der Waals surface area contributed by atoms with Gasteiger partial charge in [-0.25, -0.2) is 0 Å². The third-order valence-corrected chi connectivity index (χ3v) is 3.26. The molecule has 0 fully saturated rings. The standard InChI is InChI=1S/C15H26N2O/c1-10-8-13(17(6)9-15(4,5)16)11(2)12(3)14(10)18-7/h8H,9,16H2,1-7H3. The van der Waals surface area contributed by atoms with E-state index in [1.54, 1.807) is 7.11 Å². The van der Waals surface area contributed by atoms with Crippen LogP contribution in [-0.2, 0) is 0 Å². The molecule has 0 amide bonds. The molecule has 1 aromatic rings. The van der Waals surface area contributed by atoms with Gasteiger partial charge in [0, 0.05) is 24.8 Å². The Bertz CT molecular complexity index is 433. The van der Waals surface area contributed by atoms with Crippen molar-refractivity contribution in [3.05, 3.63) is 22.8 Å². The van der Waals surface area contributed by atoms with Gasteiger partial charge in [0.1, 0.15) is 5.75 Å². The summed E-state index contributed by atoms with van der Waals surface area (Å²) in [6, 6.07) is 2.17. The van der Waals surface area contributed by atoms with Crippen LogP contribution in [0.4, 0.5) is 5.69 Å². The summed E-state index contributed by atoms with van der Waals surface area (Å²) in [6.07, 6.45) is 0. The minimum atomic E-state index is -0.205. The molecule has 0 saturated carbocycles. The normalized spacial score (nSPS) is 11.6. The van der Waals surface area contributed by atoms with E-state index in [9.17, 15) is 0 Å². The summed E-state index contributed by atoms with van der Waals surface area (Å²) < 4.78 is 5.45. The maximum atomic E-state index is 6.09. The van der Waals surface area contributed by atoms with Crippen molar-refractivity contribution in [2.75, 3.05) is 25.6 Å². The van der Waals surface area contributed by atoms with Crippen molar-refractivity contribution in [1.82, 2.24) is 0 Å². The number of hydrogen-bond acceptors (Lipinski definition) is 3. The molecule has 0 aliphatic rings. The molecular weight excluding hydrogens is 224 g/mol. The number of ether oxygens (including phenoxy) is 1. The van der Waals surface area contributed by atoms with Gasteiger partial charge in [0.25, 0.3) is 0 Å². The molecule has 1 aromatic carbocycles. The quantitative estimate of drug-likeness (QED) is 0.893. The van der Waals surface area contributed by atoms with Crippen molar-refractivity contribution in [3.8, 4) is 5.75 Å². The van der Waals surface area contributed by atoms with Gasteiger partial charge < -0.3 is 15.4 Å². The zero-order chi connectivity index (χ0) is 14.1. The molecule has 0 aromatic heterocycles. The Morgan fingerprint density at radius 2 is 1.78 bits per heavy atom. The number of benzene rings is 1. The molecule has 3 nitrogen and oxygen atoms in total. The predicted octanol–water partition coefficient (Wildman–Crippen LogP) is 2.79. The van der Waals surface area contributed by atoms with Crippen LogP contribution in [0.25, 0.3) is 0 Å². The number of hydrogen-bond donors (Lipinski definition) is 1. The van der Waals surface area contributed by atoms with Gasteiger partial charge in [0.15, 0.2) is 0 Å². The van der Waals surface area contributed by atoms with Crippen molar-refractivity contribution < 1.29 is 4.74 Å². The lowest BCUT2D eigenvalue weighted by Gasteiger charge is -2.30. The second-order valence-electron chi connectivity index (χ2n) is 5.84. The summed E-state index contributed by atoms with van der Waals surface area (Å²) in [7, 11) is 3.81. The van der Waals surface area contributed by atoms with Crippen LogP contribution in [0.2, 0.25) is 0 Å². The fraction of sp³-hybridized carbons (Fsp3) is 0.600. The highest BCUT2D eigenvalue weighted by molar-refractivity contribution is 5.62. The number of nitrogens with two attached hydrogens (primary N) is 1. The summed E-state index contributed by atoms with van der Waals surface area (Å²) in [4.78, 5) is 2.22. The number of likely N-dealkylation sites (N-methyl/N-ethyl adjacent to an activating group) is 1. The minimum Gasteiger partial charge on any atom is -0.496 e. The highest BCUT2D eigenvalue weighted by atomic mass is 16.5. The van der Waals surface area contributed by atoms with E-state index in [2.05, 4.69) is 38.8 Å². The molecule has 0 atom stereocenters. The molecule has 0 heterocycles. The van der Waals surface area contributed by atoms with Crippen molar-refractivity contribution >= 4 is 5.69 Å². The molecule has 0 bridgehead atoms. The topological polar surface area (TPSA) is 38.5 Å². The molecular formula is C15H26N2O. The van der Waals surface area contributed by atoms with Crippen molar-refractivity contribution in [1.29, 1.82) is 0 Å². The minimum absolute atomic E-state index is 0.205. The third kappa shape index (κ3) is 3.16. The van der Waals surface area contributed by atoms with E-state index >= 15 is 0 Å². The number of nitrogens with zero attached hydrogens (tertiary/aromatic N) is 1. The maximum Gasteiger partial charge on any atom is 0.125 e. The van der Waals surface area contributed by atoms with Crippen LogP contribution in [0.15, 0.2) is 6.07 Å². The van der Waals surface area contributed by atoms with Crippen LogP contribution >= 0.6 is 0 Å². The van der Waals surface area contributed by atoms with Gasteiger partial charge in [-0.05, 0) is 57.4 Å². The lowest BCUT2D eigenvalue weighted by atomic mass is 10.0. The Balaban J connectivity index is 3.19. The number of aryl methyl sites for hydroxylation is 1. The van der Waals surface area contributed by atoms with Crippen LogP contribution in [0.3, 0.4) is 0 Å². The van der Waals surface area contributed by atoms with E-state index in [1.165, 1.54) is 16.8 Å². The zero-order valence-electron chi connectivity index (χ0n) is 12.7. The van der Waals surface area contributed by atoms with Gasteiger partial charge in [0.2, 0.25) is 0 Å². The molecule has 102 valence electrons. The predicted molar refractivity (Wildman–Crippen MR) is 78.7 cm³/mol. The van der Waals surface area contributed by atoms with Gasteiger partial charge in [0.05, 0.1) is 7.11 Å². The van der Waals surface area contributed by atoms with E-state index in [4.69, 9.17) is 10.5 Å². The Morgan fingerprint density at radius 1 is 1.22 bits per heavy atom. The lowest BCUT2D eigenvalue weighted by Crippen LogP contribution is -2.44. The molecule has 3 heteroatoms. The van der Waals surface area contributed by atoms with Gasteiger partial charge in [-0.1, -0.05) is 0 Å². The molecule has 0 aliphatic heterocycles. The van der Waals surface area contributed by atoms with E-state index in [-0.39, 0.29) is 5.54 Å². The Kier molecular flexibility index (Phi) is 4.28. The SMILES string of the molecule is COc1c(C)cc(N(C)CC(C)(C)N)c(C)c1C. The van der Waals surface area contributed by atoms with Crippen LogP contribution in [0, 0.1) is 20.8 Å². The van der Waals surface area contributed by atoms with Gasteiger partial charge >= 0.3 is 0 Å². The molecule has 0 spiro atoms. The Morgan fingerprint density at radius 3 is 2.22 bits per heavy atom. The first-order valence-corrected chi connectivity index (χ1v) is 6.32.